The van der Waals surface area contributed by atoms with E-state index in [0.29, 0.717) is 0 Å². The van der Waals surface area contributed by atoms with Gasteiger partial charge in [-0.3, -0.25) is 4.90 Å². The van der Waals surface area contributed by atoms with Gasteiger partial charge in [0.1, 0.15) is 0 Å². The van der Waals surface area contributed by atoms with E-state index in [1.165, 1.54) is 11.1 Å². The predicted molar refractivity (Wildman–Crippen MR) is 102 cm³/mol. The molecule has 0 spiro atoms. The highest BCUT2D eigenvalue weighted by molar-refractivity contribution is 7.80. The second-order valence-corrected chi connectivity index (χ2v) is 8.42. The van der Waals surface area contributed by atoms with E-state index in [-0.39, 0.29) is 18.3 Å². The van der Waals surface area contributed by atoms with Crippen LogP contribution in [-0.2, 0) is 15.9 Å². The molecule has 24 heavy (non-hydrogen) atoms. The van der Waals surface area contributed by atoms with Gasteiger partial charge in [0, 0.05) is 37.6 Å². The average molecular weight is 348 g/mol. The summed E-state index contributed by atoms with van der Waals surface area (Å²) in [5.41, 5.74) is 2.98. The minimum atomic E-state index is -0.330. The Labute approximate surface area is 151 Å². The van der Waals surface area contributed by atoms with E-state index in [1.54, 1.807) is 0 Å². The van der Waals surface area contributed by atoms with Crippen molar-refractivity contribution >= 4 is 25.2 Å². The maximum atomic E-state index is 6.21. The molecule has 0 atom stereocenters. The number of nitrogens with zero attached hydrogens (tertiary/aromatic N) is 1. The first-order chi connectivity index (χ1) is 11.2. The van der Waals surface area contributed by atoms with Gasteiger partial charge in [0.25, 0.3) is 0 Å². The van der Waals surface area contributed by atoms with Crippen LogP contribution in [0.1, 0.15) is 38.8 Å². The van der Waals surface area contributed by atoms with Crippen LogP contribution >= 0.6 is 12.6 Å². The molecular weight excluding hydrogens is 319 g/mol. The molecule has 0 unspecified atom stereocenters. The highest BCUT2D eigenvalue weighted by Gasteiger charge is 2.51. The van der Waals surface area contributed by atoms with Crippen molar-refractivity contribution in [1.82, 2.24) is 10.2 Å². The summed E-state index contributed by atoms with van der Waals surface area (Å²) in [5, 5.41) is 3.40. The van der Waals surface area contributed by atoms with E-state index in [0.717, 1.165) is 43.1 Å². The second kappa shape index (κ2) is 6.65. The zero-order valence-corrected chi connectivity index (χ0v) is 16.4. The molecule has 0 radical (unpaired) electrons. The van der Waals surface area contributed by atoms with Gasteiger partial charge in [-0.2, -0.15) is 0 Å². The number of hydrogen-bond donors (Lipinski definition) is 2. The fourth-order valence-corrected chi connectivity index (χ4v) is 3.46. The Morgan fingerprint density at radius 1 is 1.12 bits per heavy atom. The number of hydrogen-bond acceptors (Lipinski definition) is 5. The lowest BCUT2D eigenvalue weighted by Crippen LogP contribution is -2.43. The van der Waals surface area contributed by atoms with Crippen LogP contribution in [0.5, 0.6) is 0 Å². The van der Waals surface area contributed by atoms with Crippen LogP contribution < -0.4 is 10.8 Å². The number of nitrogens with one attached hydrogen (secondary N) is 1. The molecule has 2 aliphatic rings. The SMILES string of the molecule is Cc1c(S)cc(B2OC(C)(C)C(C)(C)O2)cc1CN1CCNCC1. The van der Waals surface area contributed by atoms with Gasteiger partial charge in [0.05, 0.1) is 11.2 Å². The van der Waals surface area contributed by atoms with E-state index >= 15 is 0 Å². The Bertz CT molecular complexity index is 599. The third-order valence-corrected chi connectivity index (χ3v) is 6.10. The van der Waals surface area contributed by atoms with Gasteiger partial charge >= 0.3 is 7.12 Å². The third kappa shape index (κ3) is 3.53. The Morgan fingerprint density at radius 2 is 1.71 bits per heavy atom. The smallest absolute Gasteiger partial charge is 0.399 e. The normalized spacial score (nSPS) is 23.7. The largest absolute Gasteiger partial charge is 0.494 e. The topological polar surface area (TPSA) is 33.7 Å². The summed E-state index contributed by atoms with van der Waals surface area (Å²) in [5.74, 6) is 0. The zero-order chi connectivity index (χ0) is 17.5. The number of benzene rings is 1. The molecule has 0 amide bonds. The third-order valence-electron chi connectivity index (χ3n) is 5.64. The molecule has 2 heterocycles. The van der Waals surface area contributed by atoms with Gasteiger partial charge in [-0.1, -0.05) is 6.07 Å². The minimum absolute atomic E-state index is 0.321. The van der Waals surface area contributed by atoms with Gasteiger partial charge in [-0.05, 0) is 57.3 Å². The standard InChI is InChI=1S/C18H29BN2O2S/c1-13-14(12-21-8-6-20-7-9-21)10-15(11-16(13)24)19-22-17(2,3)18(4,5)23-19/h10-11,20,24H,6-9,12H2,1-5H3. The van der Waals surface area contributed by atoms with Gasteiger partial charge in [-0.15, -0.1) is 12.6 Å². The monoisotopic (exact) mass is 348 g/mol. The molecule has 1 aromatic rings. The maximum Gasteiger partial charge on any atom is 0.494 e. The van der Waals surface area contributed by atoms with Crippen LogP contribution in [0.3, 0.4) is 0 Å². The van der Waals surface area contributed by atoms with E-state index in [2.05, 4.69) is 57.0 Å². The van der Waals surface area contributed by atoms with Crippen LogP contribution in [0.4, 0.5) is 0 Å². The molecule has 4 nitrogen and oxygen atoms in total. The lowest BCUT2D eigenvalue weighted by atomic mass is 9.77. The van der Waals surface area contributed by atoms with Crippen LogP contribution in [0.15, 0.2) is 17.0 Å². The highest BCUT2D eigenvalue weighted by atomic mass is 32.1. The van der Waals surface area contributed by atoms with Gasteiger partial charge in [-0.25, -0.2) is 0 Å². The Morgan fingerprint density at radius 3 is 2.29 bits per heavy atom. The molecule has 1 aromatic carbocycles. The molecule has 3 rings (SSSR count). The van der Waals surface area contributed by atoms with Crippen LogP contribution in [0.25, 0.3) is 0 Å². The van der Waals surface area contributed by atoms with Gasteiger partial charge in [0.2, 0.25) is 0 Å². The molecule has 0 aromatic heterocycles. The predicted octanol–water partition coefficient (Wildman–Crippen LogP) is 1.99. The van der Waals surface area contributed by atoms with Crippen LogP contribution in [0, 0.1) is 6.92 Å². The summed E-state index contributed by atoms with van der Waals surface area (Å²) in [4.78, 5) is 3.49. The van der Waals surface area contributed by atoms with E-state index in [1.807, 2.05) is 0 Å². The van der Waals surface area contributed by atoms with Crippen molar-refractivity contribution in [3.63, 3.8) is 0 Å². The van der Waals surface area contributed by atoms with Crippen molar-refractivity contribution in [3.8, 4) is 0 Å². The summed E-state index contributed by atoms with van der Waals surface area (Å²) in [6.45, 7) is 15.7. The quantitative estimate of drug-likeness (QED) is 0.647. The number of piperazine rings is 1. The Hall–Kier alpha value is -0.525. The minimum Gasteiger partial charge on any atom is -0.399 e. The van der Waals surface area contributed by atoms with E-state index in [4.69, 9.17) is 21.9 Å². The first-order valence-electron chi connectivity index (χ1n) is 8.81. The van der Waals surface area contributed by atoms with Crippen molar-refractivity contribution < 1.29 is 9.31 Å². The molecule has 0 bridgehead atoms. The van der Waals surface area contributed by atoms with Gasteiger partial charge < -0.3 is 14.6 Å². The summed E-state index contributed by atoms with van der Waals surface area (Å²) in [7, 11) is -0.330. The molecule has 1 N–H and O–H groups in total. The fourth-order valence-electron chi connectivity index (χ4n) is 3.17. The summed E-state index contributed by atoms with van der Waals surface area (Å²) >= 11 is 4.69. The fraction of sp³-hybridized carbons (Fsp3) is 0.667. The molecule has 6 heteroatoms. The van der Waals surface area contributed by atoms with Crippen LogP contribution in [0.2, 0.25) is 0 Å². The second-order valence-electron chi connectivity index (χ2n) is 7.94. The zero-order valence-electron chi connectivity index (χ0n) is 15.5. The Kier molecular flexibility index (Phi) is 5.06. The van der Waals surface area contributed by atoms with Crippen molar-refractivity contribution in [2.75, 3.05) is 26.2 Å². The van der Waals surface area contributed by atoms with Crippen molar-refractivity contribution in [2.45, 2.75) is 57.3 Å². The summed E-state index contributed by atoms with van der Waals surface area (Å²) in [6.07, 6.45) is 0. The lowest BCUT2D eigenvalue weighted by Gasteiger charge is -2.32. The summed E-state index contributed by atoms with van der Waals surface area (Å²) < 4.78 is 12.4. The lowest BCUT2D eigenvalue weighted by molar-refractivity contribution is 0.00578. The number of thiol groups is 1. The summed E-state index contributed by atoms with van der Waals surface area (Å²) in [6, 6.07) is 4.32. The van der Waals surface area contributed by atoms with Crippen LogP contribution in [-0.4, -0.2) is 49.4 Å². The van der Waals surface area contributed by atoms with Gasteiger partial charge in [0.15, 0.2) is 0 Å². The van der Waals surface area contributed by atoms with Crippen molar-refractivity contribution in [3.05, 3.63) is 23.3 Å². The van der Waals surface area contributed by atoms with Crippen molar-refractivity contribution in [1.29, 1.82) is 0 Å². The first-order valence-corrected chi connectivity index (χ1v) is 9.25. The molecule has 0 saturated carbocycles. The Balaban J connectivity index is 1.85. The van der Waals surface area contributed by atoms with E-state index < -0.39 is 0 Å². The maximum absolute atomic E-state index is 6.21. The van der Waals surface area contributed by atoms with E-state index in [9.17, 15) is 0 Å². The molecular formula is C18H29BN2O2S. The molecule has 132 valence electrons. The molecule has 2 fully saturated rings. The molecule has 2 saturated heterocycles. The molecule has 2 aliphatic heterocycles. The highest BCUT2D eigenvalue weighted by Crippen LogP contribution is 2.36. The average Bonchev–Trinajstić information content (AvgIpc) is 2.73. The first kappa shape index (κ1) is 18.3. The molecule has 0 aliphatic carbocycles. The number of rotatable bonds is 3. The van der Waals surface area contributed by atoms with Crippen molar-refractivity contribution in [2.24, 2.45) is 0 Å².